The van der Waals surface area contributed by atoms with Crippen LogP contribution < -0.4 is 5.73 Å². The Bertz CT molecular complexity index is 652. The van der Waals surface area contributed by atoms with E-state index in [4.69, 9.17) is 10.8 Å². The molecule has 2 aromatic rings. The first-order valence-electron chi connectivity index (χ1n) is 6.06. The first-order valence-corrected chi connectivity index (χ1v) is 6.06. The number of aromatic nitrogens is 3. The molecule has 0 saturated carbocycles. The topological polar surface area (TPSA) is 137 Å². The van der Waals surface area contributed by atoms with Crippen molar-refractivity contribution in [2.24, 2.45) is 5.73 Å². The summed E-state index contributed by atoms with van der Waals surface area (Å²) in [5.41, 5.74) is 6.73. The number of aliphatic carboxylic acids is 1. The van der Waals surface area contributed by atoms with Crippen LogP contribution in [0.2, 0.25) is 0 Å². The molecule has 0 fully saturated rings. The van der Waals surface area contributed by atoms with E-state index in [1.165, 1.54) is 16.8 Å². The van der Waals surface area contributed by atoms with Crippen molar-refractivity contribution in [3.63, 3.8) is 0 Å². The number of nitro benzene ring substituents is 1. The normalized spacial score (nSPS) is 12.0. The minimum absolute atomic E-state index is 0.0189. The Hall–Kier alpha value is -2.81. The lowest BCUT2D eigenvalue weighted by molar-refractivity contribution is -0.384. The van der Waals surface area contributed by atoms with E-state index >= 15 is 0 Å². The molecule has 0 spiro atoms. The summed E-state index contributed by atoms with van der Waals surface area (Å²) in [4.78, 5) is 20.7. The number of carbonyl (C=O) groups is 1. The molecule has 0 aliphatic carbocycles. The van der Waals surface area contributed by atoms with Crippen molar-refractivity contribution in [1.82, 2.24) is 15.0 Å². The zero-order valence-electron chi connectivity index (χ0n) is 10.9. The van der Waals surface area contributed by atoms with E-state index in [2.05, 4.69) is 10.3 Å². The predicted molar refractivity (Wildman–Crippen MR) is 71.5 cm³/mol. The van der Waals surface area contributed by atoms with Crippen LogP contribution in [0.4, 0.5) is 5.69 Å². The summed E-state index contributed by atoms with van der Waals surface area (Å²) in [6, 6.07) is 5.06. The van der Waals surface area contributed by atoms with Gasteiger partial charge in [0.25, 0.3) is 5.69 Å². The largest absolute Gasteiger partial charge is 0.480 e. The summed E-state index contributed by atoms with van der Waals surface area (Å²) in [5.74, 6) is -1.10. The van der Waals surface area contributed by atoms with Crippen molar-refractivity contribution < 1.29 is 14.8 Å². The zero-order chi connectivity index (χ0) is 15.4. The second-order valence-electron chi connectivity index (χ2n) is 4.48. The highest BCUT2D eigenvalue weighted by molar-refractivity contribution is 5.73. The highest BCUT2D eigenvalue weighted by Gasteiger charge is 2.14. The van der Waals surface area contributed by atoms with Crippen molar-refractivity contribution in [2.45, 2.75) is 19.0 Å². The number of benzene rings is 1. The molecule has 3 N–H and O–H groups in total. The van der Waals surface area contributed by atoms with Gasteiger partial charge in [0.15, 0.2) is 0 Å². The van der Waals surface area contributed by atoms with Gasteiger partial charge in [0.2, 0.25) is 0 Å². The monoisotopic (exact) mass is 291 g/mol. The average molecular weight is 291 g/mol. The highest BCUT2D eigenvalue weighted by atomic mass is 16.6. The third kappa shape index (κ3) is 3.83. The van der Waals surface area contributed by atoms with E-state index in [0.717, 1.165) is 5.56 Å². The predicted octanol–water partition coefficient (Wildman–Crippen LogP) is 0.189. The van der Waals surface area contributed by atoms with Crippen molar-refractivity contribution in [2.75, 3.05) is 0 Å². The molecule has 21 heavy (non-hydrogen) atoms. The van der Waals surface area contributed by atoms with Crippen molar-refractivity contribution >= 4 is 11.7 Å². The van der Waals surface area contributed by atoms with Gasteiger partial charge in [0, 0.05) is 24.8 Å². The molecule has 0 saturated heterocycles. The summed E-state index contributed by atoms with van der Waals surface area (Å²) in [7, 11) is 0. The number of nitrogens with two attached hydrogens (primary N) is 1. The molecule has 110 valence electrons. The number of hydrogen-bond donors (Lipinski definition) is 2. The maximum Gasteiger partial charge on any atom is 0.320 e. The summed E-state index contributed by atoms with van der Waals surface area (Å²) >= 11 is 0. The fraction of sp³-hybridized carbons (Fsp3) is 0.250. The summed E-state index contributed by atoms with van der Waals surface area (Å²) in [6.07, 6.45) is 1.69. The standard InChI is InChI=1S/C12H13N5O4/c13-11(12(18)19)5-9-7-16(15-14-9)6-8-1-3-10(4-2-8)17(20)21/h1-4,7,11H,5-6,13H2,(H,18,19). The Kier molecular flexibility index (Phi) is 4.24. The van der Waals surface area contributed by atoms with Crippen LogP contribution in [0.1, 0.15) is 11.3 Å². The molecular formula is C12H13N5O4. The zero-order valence-corrected chi connectivity index (χ0v) is 10.9. The number of carboxylic acids is 1. The molecule has 1 heterocycles. The van der Waals surface area contributed by atoms with E-state index in [9.17, 15) is 14.9 Å². The Morgan fingerprint density at radius 3 is 2.67 bits per heavy atom. The number of rotatable bonds is 6. The number of carboxylic acid groups (broad SMARTS) is 1. The average Bonchev–Trinajstić information content (AvgIpc) is 2.86. The molecule has 0 amide bonds. The van der Waals surface area contributed by atoms with E-state index in [1.54, 1.807) is 18.3 Å². The van der Waals surface area contributed by atoms with Crippen LogP contribution in [0.15, 0.2) is 30.5 Å². The molecule has 0 bridgehead atoms. The lowest BCUT2D eigenvalue weighted by atomic mass is 10.2. The third-order valence-corrected chi connectivity index (χ3v) is 2.82. The SMILES string of the molecule is NC(Cc1cn(Cc2ccc([N+](=O)[O-])cc2)nn1)C(=O)O. The molecule has 1 aromatic heterocycles. The van der Waals surface area contributed by atoms with Gasteiger partial charge in [-0.2, -0.15) is 0 Å². The molecule has 0 aliphatic rings. The van der Waals surface area contributed by atoms with Crippen LogP contribution in [0.5, 0.6) is 0 Å². The number of non-ortho nitro benzene ring substituents is 1. The van der Waals surface area contributed by atoms with E-state index in [0.29, 0.717) is 12.2 Å². The van der Waals surface area contributed by atoms with Crippen LogP contribution in [-0.4, -0.2) is 37.0 Å². The van der Waals surface area contributed by atoms with Crippen LogP contribution in [0.25, 0.3) is 0 Å². The highest BCUT2D eigenvalue weighted by Crippen LogP contribution is 2.12. The minimum Gasteiger partial charge on any atom is -0.480 e. The van der Waals surface area contributed by atoms with Gasteiger partial charge in [0.1, 0.15) is 6.04 Å². The van der Waals surface area contributed by atoms with Gasteiger partial charge >= 0.3 is 5.97 Å². The fourth-order valence-corrected chi connectivity index (χ4v) is 1.73. The van der Waals surface area contributed by atoms with Crippen molar-refractivity contribution in [3.8, 4) is 0 Å². The van der Waals surface area contributed by atoms with Gasteiger partial charge in [-0.15, -0.1) is 5.10 Å². The molecule has 0 aliphatic heterocycles. The molecule has 1 atom stereocenters. The summed E-state index contributed by atoms with van der Waals surface area (Å²) in [5, 5.41) is 27.0. The van der Waals surface area contributed by atoms with E-state index in [1.807, 2.05) is 0 Å². The second-order valence-corrected chi connectivity index (χ2v) is 4.48. The van der Waals surface area contributed by atoms with Gasteiger partial charge in [-0.05, 0) is 5.56 Å². The summed E-state index contributed by atoms with van der Waals surface area (Å²) < 4.78 is 1.52. The molecule has 9 heteroatoms. The smallest absolute Gasteiger partial charge is 0.320 e. The van der Waals surface area contributed by atoms with Crippen molar-refractivity contribution in [3.05, 3.63) is 51.8 Å². The van der Waals surface area contributed by atoms with Gasteiger partial charge in [-0.3, -0.25) is 14.9 Å². The van der Waals surface area contributed by atoms with Crippen LogP contribution >= 0.6 is 0 Å². The minimum atomic E-state index is -1.10. The molecular weight excluding hydrogens is 278 g/mol. The molecule has 2 rings (SSSR count). The molecule has 0 radical (unpaired) electrons. The van der Waals surface area contributed by atoms with E-state index < -0.39 is 16.9 Å². The molecule has 9 nitrogen and oxygen atoms in total. The third-order valence-electron chi connectivity index (χ3n) is 2.82. The fourth-order valence-electron chi connectivity index (χ4n) is 1.73. The Labute approximate surface area is 119 Å². The second kappa shape index (κ2) is 6.09. The quantitative estimate of drug-likeness (QED) is 0.572. The number of nitro groups is 1. The first-order chi connectivity index (χ1) is 9.95. The Morgan fingerprint density at radius 2 is 2.10 bits per heavy atom. The Balaban J connectivity index is 2.02. The lowest BCUT2D eigenvalue weighted by Gasteiger charge is -2.02. The van der Waals surface area contributed by atoms with Gasteiger partial charge in [-0.1, -0.05) is 17.3 Å². The van der Waals surface area contributed by atoms with Crippen LogP contribution in [0, 0.1) is 10.1 Å². The number of hydrogen-bond acceptors (Lipinski definition) is 6. The van der Waals surface area contributed by atoms with Gasteiger partial charge in [0.05, 0.1) is 17.2 Å². The maximum atomic E-state index is 10.7. The maximum absolute atomic E-state index is 10.7. The molecule has 1 unspecified atom stereocenters. The molecule has 1 aromatic carbocycles. The lowest BCUT2D eigenvalue weighted by Crippen LogP contribution is -2.32. The van der Waals surface area contributed by atoms with Crippen molar-refractivity contribution in [1.29, 1.82) is 0 Å². The van der Waals surface area contributed by atoms with Crippen LogP contribution in [0.3, 0.4) is 0 Å². The Morgan fingerprint density at radius 1 is 1.43 bits per heavy atom. The first kappa shape index (κ1) is 14.6. The van der Waals surface area contributed by atoms with Gasteiger partial charge < -0.3 is 10.8 Å². The van der Waals surface area contributed by atoms with Crippen LogP contribution in [-0.2, 0) is 17.8 Å². The van der Waals surface area contributed by atoms with E-state index in [-0.39, 0.29) is 12.1 Å². The van der Waals surface area contributed by atoms with Gasteiger partial charge in [-0.25, -0.2) is 4.68 Å². The summed E-state index contributed by atoms with van der Waals surface area (Å²) in [6.45, 7) is 0.382. The number of nitrogens with zero attached hydrogens (tertiary/aromatic N) is 4.